The largest absolute Gasteiger partial charge is 0.444 e. The lowest BCUT2D eigenvalue weighted by Crippen LogP contribution is -2.35. The number of rotatable bonds is 11. The molecule has 0 radical (unpaired) electrons. The van der Waals surface area contributed by atoms with E-state index in [2.05, 4.69) is 144 Å². The molecule has 10 aromatic rings. The van der Waals surface area contributed by atoms with Gasteiger partial charge in [-0.2, -0.15) is 0 Å². The van der Waals surface area contributed by atoms with E-state index in [4.69, 9.17) is 40.0 Å². The van der Waals surface area contributed by atoms with Gasteiger partial charge in [0.05, 0.1) is 44.2 Å². The van der Waals surface area contributed by atoms with Crippen LogP contribution in [0, 0.1) is 23.7 Å². The molecule has 38 heteroatoms. The number of nitrogens with one attached hydrogen (secondary N) is 5. The molecule has 10 aromatic heterocycles. The normalized spacial score (nSPS) is 22.4. The van der Waals surface area contributed by atoms with Crippen LogP contribution in [0.5, 0.6) is 0 Å². The van der Waals surface area contributed by atoms with Crippen molar-refractivity contribution in [1.29, 1.82) is 0 Å². The summed E-state index contributed by atoms with van der Waals surface area (Å²) in [5.41, 5.74) is 5.49. The molecule has 0 aliphatic carbocycles. The number of hydrogen-bond acceptors (Lipinski definition) is 22. The van der Waals surface area contributed by atoms with Gasteiger partial charge < -0.3 is 63.5 Å². The Morgan fingerprint density at radius 1 is 0.516 bits per heavy atom. The van der Waals surface area contributed by atoms with Crippen LogP contribution in [0.2, 0.25) is 0 Å². The Labute approximate surface area is 734 Å². The van der Waals surface area contributed by atoms with Crippen molar-refractivity contribution < 1.29 is 38.0 Å². The highest BCUT2D eigenvalue weighted by molar-refractivity contribution is 9.10. The van der Waals surface area contributed by atoms with Crippen molar-refractivity contribution in [1.82, 2.24) is 97.4 Å². The van der Waals surface area contributed by atoms with E-state index < -0.39 is 11.2 Å². The first-order valence-electron chi connectivity index (χ1n) is 41.9. The first kappa shape index (κ1) is 93.4. The zero-order valence-electron chi connectivity index (χ0n) is 71.0. The summed E-state index contributed by atoms with van der Waals surface area (Å²) >= 11 is 8.83. The van der Waals surface area contributed by atoms with Crippen LogP contribution in [0.15, 0.2) is 110 Å². The lowest BCUT2D eigenvalue weighted by atomic mass is 9.95. The van der Waals surface area contributed by atoms with Gasteiger partial charge in [0.2, 0.25) is 0 Å². The van der Waals surface area contributed by atoms with E-state index in [0.29, 0.717) is 113 Å². The highest BCUT2D eigenvalue weighted by Crippen LogP contribution is 2.38. The molecule has 0 spiro atoms. The van der Waals surface area contributed by atoms with Crippen molar-refractivity contribution >= 4 is 106 Å². The number of hydrogen-bond donors (Lipinski definition) is 5. The molecule has 0 aromatic carbocycles. The predicted molar refractivity (Wildman–Crippen MR) is 483 cm³/mol. The van der Waals surface area contributed by atoms with Gasteiger partial charge in [-0.3, -0.25) is 41.7 Å². The summed E-state index contributed by atoms with van der Waals surface area (Å²) in [5.74, 6) is 8.61. The number of ether oxygens (including phenoxy) is 6. The van der Waals surface area contributed by atoms with Crippen molar-refractivity contribution in [2.45, 2.75) is 179 Å². The Kier molecular flexibility index (Phi) is 32.5. The zero-order chi connectivity index (χ0) is 85.8. The predicted octanol–water partition coefficient (Wildman–Crippen LogP) is 12.5. The third kappa shape index (κ3) is 23.1. The van der Waals surface area contributed by atoms with E-state index in [0.717, 1.165) is 183 Å². The summed E-state index contributed by atoms with van der Waals surface area (Å²) in [7, 11) is 6.06. The molecule has 2 unspecified atom stereocenters. The molecule has 8 aliphatic heterocycles. The van der Waals surface area contributed by atoms with Gasteiger partial charge in [0.25, 0.3) is 22.2 Å². The molecular weight excluding hydrogens is 1720 g/mol. The van der Waals surface area contributed by atoms with E-state index in [9.17, 15) is 28.8 Å². The van der Waals surface area contributed by atoms with Crippen LogP contribution in [0.4, 0.5) is 9.59 Å². The SMILES string of the molecule is C[C@@H]1CN(C(=O)OC(C)(C)C)C[C@H]1c1cn2c(C3=CCOCC3)nc(Br)c2c(=O)[nH]1.C[C@@H]1CN(C(=O)OC(C)(C)C)C[C@H]1c1cn2c(C3CCOCC3)ncc2c(=O)[nH]1.C[C@@H]1CN(Cc2ncccn2)C[C@H]1c1cn2c(C3CCOCC3)ncc2c(=O)[nH]1.C[C@@H]1CNC[C@H]1c1cn2c(C3CCOCC3)ncc2c(=O)[nH]1.Cl.ClCc1ncccn1.PPP. The Balaban J connectivity index is 0.000000143. The number of nitrogens with zero attached hydrogens (tertiary/aromatic N) is 15. The summed E-state index contributed by atoms with van der Waals surface area (Å²) in [6.45, 7) is 32.2. The monoisotopic (exact) mass is 1840 g/mol. The number of aromatic nitrogens is 16. The minimum atomic E-state index is -0.541. The van der Waals surface area contributed by atoms with Gasteiger partial charge >= 0.3 is 12.2 Å². The smallest absolute Gasteiger partial charge is 0.410 e. The van der Waals surface area contributed by atoms with Gasteiger partial charge in [0, 0.05) is 199 Å². The average molecular weight is 1840 g/mol. The molecule has 0 saturated carbocycles. The number of carbonyl (C=O) groups excluding carboxylic acids is 2. The number of halogens is 3. The fourth-order valence-corrected chi connectivity index (χ4v) is 17.9. The summed E-state index contributed by atoms with van der Waals surface area (Å²) in [5, 5.41) is 3.40. The van der Waals surface area contributed by atoms with Gasteiger partial charge in [-0.25, -0.2) is 49.5 Å². The molecule has 8 aliphatic rings. The van der Waals surface area contributed by atoms with Gasteiger partial charge in [-0.15, -0.1) is 41.9 Å². The van der Waals surface area contributed by atoms with E-state index in [-0.39, 0.29) is 76.4 Å². The molecule has 122 heavy (non-hydrogen) atoms. The number of likely N-dealkylation sites (tertiary alicyclic amines) is 3. The van der Waals surface area contributed by atoms with Crippen molar-refractivity contribution in [3.05, 3.63) is 190 Å². The van der Waals surface area contributed by atoms with E-state index >= 15 is 0 Å². The zero-order valence-corrected chi connectivity index (χ0v) is 77.5. The molecule has 18 rings (SSSR count). The van der Waals surface area contributed by atoms with Gasteiger partial charge in [0.15, 0.2) is 0 Å². The maximum absolute atomic E-state index is 12.9. The molecule has 0 bridgehead atoms. The lowest BCUT2D eigenvalue weighted by molar-refractivity contribution is 0.0277. The third-order valence-electron chi connectivity index (χ3n) is 23.4. The van der Waals surface area contributed by atoms with Gasteiger partial charge in [-0.05, 0) is 150 Å². The molecular formula is C84H116BrCl2N20O12P3. The fraction of sp³-hybridized carbons (Fsp3) is 0.571. The second-order valence-corrected chi connectivity index (χ2v) is 39.9. The molecule has 660 valence electrons. The van der Waals surface area contributed by atoms with Crippen LogP contribution in [0.3, 0.4) is 0 Å². The van der Waals surface area contributed by atoms with Crippen molar-refractivity contribution in [2.75, 3.05) is 105 Å². The highest BCUT2D eigenvalue weighted by Gasteiger charge is 2.40. The lowest BCUT2D eigenvalue weighted by Gasteiger charge is -2.24. The highest BCUT2D eigenvalue weighted by atomic mass is 79.9. The van der Waals surface area contributed by atoms with E-state index in [1.165, 1.54) is 0 Å². The van der Waals surface area contributed by atoms with Crippen molar-refractivity contribution in [3.8, 4) is 0 Å². The number of aromatic amines is 4. The topological polar surface area (TPSA) is 363 Å². The summed E-state index contributed by atoms with van der Waals surface area (Å²) < 4.78 is 41.2. The molecule has 5 N–H and O–H groups in total. The minimum Gasteiger partial charge on any atom is -0.444 e. The molecule has 10 atom stereocenters. The number of H-pyrrole nitrogens is 4. The maximum atomic E-state index is 12.9. The Bertz CT molecular complexity index is 5450. The van der Waals surface area contributed by atoms with Crippen molar-refractivity contribution in [3.63, 3.8) is 0 Å². The number of fused-ring (bicyclic) bond motifs is 4. The molecule has 32 nitrogen and oxygen atoms in total. The second kappa shape index (κ2) is 42.5. The Morgan fingerprint density at radius 3 is 1.30 bits per heavy atom. The molecule has 2 amide bonds. The van der Waals surface area contributed by atoms with Crippen LogP contribution < -0.4 is 27.6 Å². The summed E-state index contributed by atoms with van der Waals surface area (Å²) in [6, 6.07) is 3.59. The molecule has 18 heterocycles. The summed E-state index contributed by atoms with van der Waals surface area (Å²) in [4.78, 5) is 128. The minimum absolute atomic E-state index is 0. The molecule has 7 fully saturated rings. The number of amides is 2. The number of imidazole rings is 4. The first-order chi connectivity index (χ1) is 58.1. The maximum Gasteiger partial charge on any atom is 0.410 e. The number of alkyl halides is 1. The second-order valence-electron chi connectivity index (χ2n) is 34.5. The van der Waals surface area contributed by atoms with Crippen LogP contribution in [-0.2, 0) is 40.8 Å². The Hall–Kier alpha value is -7.77. The Morgan fingerprint density at radius 2 is 0.910 bits per heavy atom. The fourth-order valence-electron chi connectivity index (χ4n) is 17.2. The van der Waals surface area contributed by atoms with Crippen molar-refractivity contribution in [2.24, 2.45) is 23.7 Å². The quantitative estimate of drug-likeness (QED) is 0.0593. The van der Waals surface area contributed by atoms with E-state index in [1.54, 1.807) is 59.2 Å². The average Bonchev–Trinajstić information content (AvgIpc) is 1.58. The van der Waals surface area contributed by atoms with Crippen LogP contribution in [0.25, 0.3) is 27.6 Å². The van der Waals surface area contributed by atoms with Crippen LogP contribution in [-0.4, -0.2) is 221 Å². The van der Waals surface area contributed by atoms with Crippen LogP contribution in [0.1, 0.15) is 213 Å². The van der Waals surface area contributed by atoms with Crippen LogP contribution >= 0.6 is 65.8 Å². The number of carbonyl (C=O) groups is 2. The summed E-state index contributed by atoms with van der Waals surface area (Å²) in [6.07, 6.45) is 27.9. The van der Waals surface area contributed by atoms with E-state index in [1.807, 2.05) is 83.7 Å². The molecule has 7 saturated heterocycles. The first-order valence-corrected chi connectivity index (χ1v) is 47.8. The standard InChI is InChI=1S/C21H27BrN4O4.C21H26N6O2.C21H30N4O4.C16H22N4O2.C5H5ClN2.ClH.H5P3/c1-12-9-25(20(28)30-21(2,3)4)10-14(12)15-11-26-16(19(27)23-15)17(22)24-18(26)13-5-7-29-8-6-13;1-14-10-26(13-19-22-5-2-6-23-19)11-16(14)17-12-27-18(21(28)25-17)9-24-20(27)15-3-7-29-8-4-15;1-13-10-24(20(27)29-21(2,3)4)11-15(13)16-12-25-17(19(26)23-16)9-22-18(25)14-5-7-28-8-6-14;1-10-6-17-7-12(10)13-9-20-14(16(21)19-13)8-18-15(20)11-2-4-22-5-3-11;6-4-5-7-2-1-3-8-5;;1-3-2/h5,11-12,14H,6-10H2,1-4H3,(H,23,27);2,5-6,9,12,14-16H,3-4,7-8,10-11,13H2,1H3,(H,25,28);9,12-15H,5-8,10-11H2,1-4H3,(H,23,26);8-12,17H,2-7H2,1H3,(H,19,21);1-3H,4H2;1H;3H,1-2H2/t12-,14-;14-,16-;13-,15-;10-,12-;;;/m1111.../s1. The van der Waals surface area contributed by atoms with Gasteiger partial charge in [0.1, 0.15) is 72.8 Å². The third-order valence-corrected chi connectivity index (χ3v) is 24.2. The van der Waals surface area contributed by atoms with Gasteiger partial charge in [-0.1, -0.05) is 41.7 Å².